The standard InChI is InChI=1S/C9H14/c1-2-5-8(4-1)9-6-3-7-9/h1-2,8-9H,3-7H2. The van der Waals surface area contributed by atoms with Gasteiger partial charge in [-0.05, 0) is 24.7 Å². The topological polar surface area (TPSA) is 0 Å². The Balaban J connectivity index is 1.85. The lowest BCUT2D eigenvalue weighted by molar-refractivity contribution is 0.215. The Morgan fingerprint density at radius 1 is 0.889 bits per heavy atom. The summed E-state index contributed by atoms with van der Waals surface area (Å²) in [5, 5.41) is 0. The van der Waals surface area contributed by atoms with Crippen molar-refractivity contribution in [2.75, 3.05) is 0 Å². The fourth-order valence-corrected chi connectivity index (χ4v) is 1.93. The molecule has 0 bridgehead atoms. The molecule has 0 N–H and O–H groups in total. The van der Waals surface area contributed by atoms with E-state index in [0.29, 0.717) is 0 Å². The third kappa shape index (κ3) is 0.910. The minimum absolute atomic E-state index is 1.05. The van der Waals surface area contributed by atoms with Gasteiger partial charge in [0.25, 0.3) is 0 Å². The molecule has 2 rings (SSSR count). The van der Waals surface area contributed by atoms with Gasteiger partial charge < -0.3 is 0 Å². The van der Waals surface area contributed by atoms with Crippen molar-refractivity contribution in [2.24, 2.45) is 11.8 Å². The van der Waals surface area contributed by atoms with Gasteiger partial charge in [-0.1, -0.05) is 31.4 Å². The fraction of sp³-hybridized carbons (Fsp3) is 0.778. The minimum atomic E-state index is 1.05. The van der Waals surface area contributed by atoms with E-state index < -0.39 is 0 Å². The summed E-state index contributed by atoms with van der Waals surface area (Å²) in [6.45, 7) is 0. The highest BCUT2D eigenvalue weighted by molar-refractivity contribution is 4.97. The van der Waals surface area contributed by atoms with Crippen LogP contribution in [0.15, 0.2) is 12.2 Å². The van der Waals surface area contributed by atoms with Crippen molar-refractivity contribution < 1.29 is 0 Å². The highest BCUT2D eigenvalue weighted by atomic mass is 14.3. The summed E-state index contributed by atoms with van der Waals surface area (Å²) in [7, 11) is 0. The quantitative estimate of drug-likeness (QED) is 0.469. The van der Waals surface area contributed by atoms with Gasteiger partial charge in [-0.25, -0.2) is 0 Å². The van der Waals surface area contributed by atoms with E-state index in [9.17, 15) is 0 Å². The molecule has 2 aliphatic rings. The van der Waals surface area contributed by atoms with E-state index in [-0.39, 0.29) is 0 Å². The normalized spacial score (nSPS) is 28.9. The van der Waals surface area contributed by atoms with Crippen LogP contribution in [0, 0.1) is 11.8 Å². The summed E-state index contributed by atoms with van der Waals surface area (Å²) < 4.78 is 0. The van der Waals surface area contributed by atoms with E-state index in [2.05, 4.69) is 12.2 Å². The zero-order valence-corrected chi connectivity index (χ0v) is 5.84. The number of hydrogen-bond donors (Lipinski definition) is 0. The Bertz CT molecular complexity index is 112. The van der Waals surface area contributed by atoms with Gasteiger partial charge >= 0.3 is 0 Å². The van der Waals surface area contributed by atoms with Gasteiger partial charge in [0.2, 0.25) is 0 Å². The Morgan fingerprint density at radius 3 is 2.00 bits per heavy atom. The molecule has 0 saturated heterocycles. The maximum Gasteiger partial charge on any atom is -0.0317 e. The summed E-state index contributed by atoms with van der Waals surface area (Å²) in [6, 6.07) is 0. The van der Waals surface area contributed by atoms with E-state index in [1.54, 1.807) is 0 Å². The van der Waals surface area contributed by atoms with Crippen LogP contribution in [0.4, 0.5) is 0 Å². The minimum Gasteiger partial charge on any atom is -0.0882 e. The van der Waals surface area contributed by atoms with E-state index in [1.165, 1.54) is 32.1 Å². The molecular formula is C9H14. The molecule has 0 aromatic heterocycles. The van der Waals surface area contributed by atoms with Crippen LogP contribution in [0.3, 0.4) is 0 Å². The van der Waals surface area contributed by atoms with Crippen LogP contribution in [0.5, 0.6) is 0 Å². The van der Waals surface area contributed by atoms with E-state index in [0.717, 1.165) is 11.8 Å². The van der Waals surface area contributed by atoms with Crippen LogP contribution in [0.1, 0.15) is 32.1 Å². The second kappa shape index (κ2) is 2.17. The average molecular weight is 122 g/mol. The van der Waals surface area contributed by atoms with Crippen LogP contribution in [0.2, 0.25) is 0 Å². The number of hydrogen-bond acceptors (Lipinski definition) is 0. The van der Waals surface area contributed by atoms with Gasteiger partial charge in [0, 0.05) is 0 Å². The van der Waals surface area contributed by atoms with Gasteiger partial charge in [0.05, 0.1) is 0 Å². The maximum atomic E-state index is 2.35. The third-order valence-corrected chi connectivity index (χ3v) is 2.86. The smallest absolute Gasteiger partial charge is 0.0317 e. The van der Waals surface area contributed by atoms with Crippen LogP contribution >= 0.6 is 0 Å². The predicted molar refractivity (Wildman–Crippen MR) is 39.2 cm³/mol. The Labute approximate surface area is 57.0 Å². The largest absolute Gasteiger partial charge is 0.0882 e. The summed E-state index contributed by atoms with van der Waals surface area (Å²) in [5.74, 6) is 2.17. The molecule has 0 radical (unpaired) electrons. The highest BCUT2D eigenvalue weighted by Gasteiger charge is 2.26. The average Bonchev–Trinajstić information content (AvgIpc) is 2.11. The van der Waals surface area contributed by atoms with Crippen LogP contribution in [0.25, 0.3) is 0 Å². The number of rotatable bonds is 1. The molecule has 9 heavy (non-hydrogen) atoms. The van der Waals surface area contributed by atoms with Crippen molar-refractivity contribution in [3.8, 4) is 0 Å². The zero-order chi connectivity index (χ0) is 6.10. The SMILES string of the molecule is C1=CCC(C2CCC2)C1. The van der Waals surface area contributed by atoms with E-state index in [4.69, 9.17) is 0 Å². The lowest BCUT2D eigenvalue weighted by Gasteiger charge is -2.30. The van der Waals surface area contributed by atoms with Crippen molar-refractivity contribution >= 4 is 0 Å². The van der Waals surface area contributed by atoms with Gasteiger partial charge in [-0.3, -0.25) is 0 Å². The Kier molecular flexibility index (Phi) is 1.33. The molecule has 50 valence electrons. The molecule has 2 aliphatic carbocycles. The van der Waals surface area contributed by atoms with Crippen molar-refractivity contribution in [3.05, 3.63) is 12.2 Å². The monoisotopic (exact) mass is 122 g/mol. The summed E-state index contributed by atoms with van der Waals surface area (Å²) in [4.78, 5) is 0. The Morgan fingerprint density at radius 2 is 1.56 bits per heavy atom. The first-order valence-electron chi connectivity index (χ1n) is 4.12. The van der Waals surface area contributed by atoms with Crippen molar-refractivity contribution in [1.29, 1.82) is 0 Å². The summed E-state index contributed by atoms with van der Waals surface area (Å²) >= 11 is 0. The van der Waals surface area contributed by atoms with Crippen LogP contribution < -0.4 is 0 Å². The second-order valence-corrected chi connectivity index (χ2v) is 3.39. The van der Waals surface area contributed by atoms with Crippen molar-refractivity contribution in [1.82, 2.24) is 0 Å². The first-order valence-corrected chi connectivity index (χ1v) is 4.12. The molecule has 0 heterocycles. The molecule has 0 aromatic rings. The Hall–Kier alpha value is -0.260. The van der Waals surface area contributed by atoms with Crippen molar-refractivity contribution in [3.63, 3.8) is 0 Å². The van der Waals surface area contributed by atoms with Crippen LogP contribution in [-0.4, -0.2) is 0 Å². The van der Waals surface area contributed by atoms with Gasteiger partial charge in [0.1, 0.15) is 0 Å². The van der Waals surface area contributed by atoms with Gasteiger partial charge in [-0.15, -0.1) is 0 Å². The molecule has 0 unspecified atom stereocenters. The molecule has 0 amide bonds. The molecule has 1 fully saturated rings. The van der Waals surface area contributed by atoms with Crippen LogP contribution in [-0.2, 0) is 0 Å². The number of allylic oxidation sites excluding steroid dienone is 2. The molecule has 0 nitrogen and oxygen atoms in total. The fourth-order valence-electron chi connectivity index (χ4n) is 1.93. The van der Waals surface area contributed by atoms with Gasteiger partial charge in [-0.2, -0.15) is 0 Å². The van der Waals surface area contributed by atoms with E-state index in [1.807, 2.05) is 0 Å². The molecular weight excluding hydrogens is 108 g/mol. The molecule has 0 spiro atoms. The lowest BCUT2D eigenvalue weighted by Crippen LogP contribution is -2.19. The van der Waals surface area contributed by atoms with Crippen molar-refractivity contribution in [2.45, 2.75) is 32.1 Å². The molecule has 0 aromatic carbocycles. The molecule has 0 heteroatoms. The second-order valence-electron chi connectivity index (χ2n) is 3.39. The first kappa shape index (κ1) is 5.52. The molecule has 0 atom stereocenters. The first-order chi connectivity index (χ1) is 4.47. The summed E-state index contributed by atoms with van der Waals surface area (Å²) in [6.07, 6.45) is 12.0. The maximum absolute atomic E-state index is 2.35. The highest BCUT2D eigenvalue weighted by Crippen LogP contribution is 2.39. The molecule has 1 saturated carbocycles. The third-order valence-electron chi connectivity index (χ3n) is 2.86. The lowest BCUT2D eigenvalue weighted by atomic mass is 9.75. The van der Waals surface area contributed by atoms with Gasteiger partial charge in [0.15, 0.2) is 0 Å². The van der Waals surface area contributed by atoms with E-state index >= 15 is 0 Å². The zero-order valence-electron chi connectivity index (χ0n) is 5.84. The molecule has 0 aliphatic heterocycles. The summed E-state index contributed by atoms with van der Waals surface area (Å²) in [5.41, 5.74) is 0. The predicted octanol–water partition coefficient (Wildman–Crippen LogP) is 2.75.